The summed E-state index contributed by atoms with van der Waals surface area (Å²) in [6.45, 7) is 1.09. The summed E-state index contributed by atoms with van der Waals surface area (Å²) in [4.78, 5) is 4.35. The molecule has 9 heteroatoms. The second-order valence-corrected chi connectivity index (χ2v) is 5.55. The number of fused-ring (bicyclic) bond motifs is 1. The van der Waals surface area contributed by atoms with E-state index in [9.17, 15) is 4.39 Å². The van der Waals surface area contributed by atoms with Crippen LogP contribution in [-0.4, -0.2) is 42.6 Å². The molecule has 1 saturated carbocycles. The molecule has 8 N–H and O–H groups in total. The normalized spacial score (nSPS) is 18.7. The summed E-state index contributed by atoms with van der Waals surface area (Å²) < 4.78 is 18.7. The molecule has 0 bridgehead atoms. The summed E-state index contributed by atoms with van der Waals surface area (Å²) in [7, 11) is 3.50. The number of aromatic nitrogens is 1. The minimum absolute atomic E-state index is 0. The minimum atomic E-state index is -0.298. The highest BCUT2D eigenvalue weighted by atomic mass is 32.1. The van der Waals surface area contributed by atoms with Crippen LogP contribution < -0.4 is 16.4 Å². The number of hydrogen-bond acceptors (Lipinski definition) is 5. The van der Waals surface area contributed by atoms with Crippen molar-refractivity contribution >= 4 is 30.6 Å². The fourth-order valence-corrected chi connectivity index (χ4v) is 2.93. The number of rotatable bonds is 4. The second-order valence-electron chi connectivity index (χ2n) is 5.55. The number of nitrogens with zero attached hydrogens (tertiary/aromatic N) is 1. The Morgan fingerprint density at radius 3 is 2.48 bits per heavy atom. The Kier molecular flexibility index (Phi) is 13.3. The van der Waals surface area contributed by atoms with Gasteiger partial charge in [-0.3, -0.25) is 0 Å². The van der Waals surface area contributed by atoms with Gasteiger partial charge < -0.3 is 31.7 Å². The van der Waals surface area contributed by atoms with Crippen LogP contribution in [0.25, 0.3) is 11.1 Å². The van der Waals surface area contributed by atoms with E-state index in [-0.39, 0.29) is 33.1 Å². The van der Waals surface area contributed by atoms with Gasteiger partial charge in [-0.1, -0.05) is 0 Å². The lowest BCUT2D eigenvalue weighted by atomic mass is 9.86. The van der Waals surface area contributed by atoms with Crippen LogP contribution in [-0.2, 0) is 0 Å². The molecule has 0 aliphatic heterocycles. The van der Waals surface area contributed by atoms with Gasteiger partial charge in [-0.15, -0.1) is 0 Å². The van der Waals surface area contributed by atoms with E-state index in [1.165, 1.54) is 32.0 Å². The quantitative estimate of drug-likeness (QED) is 0.738. The third kappa shape index (κ3) is 7.17. The Morgan fingerprint density at radius 1 is 1.24 bits per heavy atom. The van der Waals surface area contributed by atoms with Crippen molar-refractivity contribution in [2.24, 2.45) is 11.7 Å². The van der Waals surface area contributed by atoms with Crippen LogP contribution in [0.4, 0.5) is 10.4 Å². The van der Waals surface area contributed by atoms with Gasteiger partial charge in [0.1, 0.15) is 11.3 Å². The van der Waals surface area contributed by atoms with E-state index in [1.807, 2.05) is 7.05 Å². The smallest absolute Gasteiger partial charge is 0.295 e. The first kappa shape index (κ1) is 25.8. The largest absolute Gasteiger partial charge is 0.423 e. The molecule has 2 aromatic rings. The molecular formula is C16H35FN4O3S. The Morgan fingerprint density at radius 2 is 1.88 bits per heavy atom. The van der Waals surface area contributed by atoms with Crippen molar-refractivity contribution in [3.63, 3.8) is 0 Å². The SMILES string of the molecule is CN.CNCC1CCC(Nc2nc3ccc(F)cc3o2)CC1.O.O.S.[HH].[HH]. The molecule has 1 aromatic carbocycles. The van der Waals surface area contributed by atoms with Crippen molar-refractivity contribution in [2.45, 2.75) is 31.7 Å². The molecule has 1 aromatic heterocycles. The Labute approximate surface area is 157 Å². The van der Waals surface area contributed by atoms with Crippen LogP contribution in [0.3, 0.4) is 0 Å². The second kappa shape index (κ2) is 12.9. The molecule has 7 nitrogen and oxygen atoms in total. The lowest BCUT2D eigenvalue weighted by Gasteiger charge is -2.28. The highest BCUT2D eigenvalue weighted by molar-refractivity contribution is 7.59. The van der Waals surface area contributed by atoms with Crippen LogP contribution in [0.5, 0.6) is 0 Å². The van der Waals surface area contributed by atoms with Crippen LogP contribution in [0.2, 0.25) is 0 Å². The fraction of sp³-hybridized carbons (Fsp3) is 0.562. The van der Waals surface area contributed by atoms with Crippen molar-refractivity contribution in [1.29, 1.82) is 0 Å². The van der Waals surface area contributed by atoms with Gasteiger partial charge in [-0.2, -0.15) is 18.5 Å². The molecule has 25 heavy (non-hydrogen) atoms. The summed E-state index contributed by atoms with van der Waals surface area (Å²) in [5.74, 6) is 0.476. The van der Waals surface area contributed by atoms with Gasteiger partial charge in [0.25, 0.3) is 6.01 Å². The van der Waals surface area contributed by atoms with Crippen molar-refractivity contribution in [3.8, 4) is 0 Å². The van der Waals surface area contributed by atoms with E-state index in [1.54, 1.807) is 6.07 Å². The van der Waals surface area contributed by atoms with Crippen molar-refractivity contribution in [2.75, 3.05) is 26.0 Å². The lowest BCUT2D eigenvalue weighted by Crippen LogP contribution is -2.30. The summed E-state index contributed by atoms with van der Waals surface area (Å²) in [6.07, 6.45) is 4.68. The molecule has 0 saturated heterocycles. The minimum Gasteiger partial charge on any atom is -0.423 e. The van der Waals surface area contributed by atoms with Gasteiger partial charge in [-0.25, -0.2) is 4.39 Å². The van der Waals surface area contributed by atoms with Crippen LogP contribution in [0, 0.1) is 11.7 Å². The standard InChI is InChI=1S/C15H20FN3O.CH5N.2H2O.H2S.2H2/c1-17-9-10-2-5-12(6-3-10)18-15-19-13-7-4-11(16)8-14(13)20-15;1-2;;;;;/h4,7-8,10,12,17H,2-3,5-6,9H2,1H3,(H,18,19);2H2,1H3;3*1H2;2*1H. The van der Waals surface area contributed by atoms with Crippen LogP contribution in [0.15, 0.2) is 22.6 Å². The molecule has 0 atom stereocenters. The first-order valence-corrected chi connectivity index (χ1v) is 7.79. The molecule has 150 valence electrons. The molecule has 1 fully saturated rings. The topological polar surface area (TPSA) is 139 Å². The third-order valence-corrected chi connectivity index (χ3v) is 4.02. The molecule has 0 unspecified atom stereocenters. The Balaban J connectivity index is -0.000000366. The number of hydrogen-bond donors (Lipinski definition) is 3. The average molecular weight is 383 g/mol. The number of anilines is 1. The maximum absolute atomic E-state index is 13.1. The zero-order valence-electron chi connectivity index (χ0n) is 14.7. The van der Waals surface area contributed by atoms with Gasteiger partial charge in [0, 0.05) is 15.0 Å². The fourth-order valence-electron chi connectivity index (χ4n) is 2.93. The predicted octanol–water partition coefficient (Wildman–Crippen LogP) is 1.69. The lowest BCUT2D eigenvalue weighted by molar-refractivity contribution is 0.328. The molecule has 1 heterocycles. The summed E-state index contributed by atoms with van der Waals surface area (Å²) in [5, 5.41) is 6.57. The van der Waals surface area contributed by atoms with E-state index in [0.29, 0.717) is 23.2 Å². The van der Waals surface area contributed by atoms with Crippen LogP contribution in [0.1, 0.15) is 28.5 Å². The van der Waals surface area contributed by atoms with E-state index in [2.05, 4.69) is 21.4 Å². The summed E-state index contributed by atoms with van der Waals surface area (Å²) >= 11 is 0. The van der Waals surface area contributed by atoms with E-state index >= 15 is 0 Å². The van der Waals surface area contributed by atoms with Crippen LogP contribution >= 0.6 is 13.5 Å². The zero-order valence-corrected chi connectivity index (χ0v) is 15.7. The van der Waals surface area contributed by atoms with Gasteiger partial charge in [-0.05, 0) is 64.4 Å². The monoisotopic (exact) mass is 382 g/mol. The number of nitrogens with one attached hydrogen (secondary N) is 2. The number of halogens is 1. The number of benzene rings is 1. The molecule has 0 amide bonds. The average Bonchev–Trinajstić information content (AvgIpc) is 2.93. The number of nitrogens with two attached hydrogens (primary N) is 1. The first-order valence-electron chi connectivity index (χ1n) is 7.79. The van der Waals surface area contributed by atoms with Crippen molar-refractivity contribution in [1.82, 2.24) is 10.3 Å². The Hall–Kier alpha value is -1.39. The number of oxazole rings is 1. The van der Waals surface area contributed by atoms with Gasteiger partial charge in [0.15, 0.2) is 5.58 Å². The molecule has 0 spiro atoms. The highest BCUT2D eigenvalue weighted by Crippen LogP contribution is 2.27. The highest BCUT2D eigenvalue weighted by Gasteiger charge is 2.21. The van der Waals surface area contributed by atoms with Gasteiger partial charge in [0.05, 0.1) is 0 Å². The van der Waals surface area contributed by atoms with E-state index < -0.39 is 0 Å². The molecule has 3 rings (SSSR count). The molecule has 1 aliphatic rings. The first-order chi connectivity index (χ1) is 10.7. The zero-order chi connectivity index (χ0) is 15.9. The van der Waals surface area contributed by atoms with Gasteiger partial charge in [0.2, 0.25) is 0 Å². The van der Waals surface area contributed by atoms with Crippen molar-refractivity contribution < 1.29 is 22.6 Å². The third-order valence-electron chi connectivity index (χ3n) is 4.02. The molecule has 1 aliphatic carbocycles. The maximum atomic E-state index is 13.1. The molecular weight excluding hydrogens is 347 g/mol. The van der Waals surface area contributed by atoms with E-state index in [0.717, 1.165) is 25.3 Å². The van der Waals surface area contributed by atoms with Crippen molar-refractivity contribution in [3.05, 3.63) is 24.0 Å². The summed E-state index contributed by atoms with van der Waals surface area (Å²) in [6, 6.07) is 5.32. The van der Waals surface area contributed by atoms with E-state index in [4.69, 9.17) is 4.42 Å². The predicted molar refractivity (Wildman–Crippen MR) is 109 cm³/mol. The Bertz CT molecular complexity index is 602. The molecule has 0 radical (unpaired) electrons. The maximum Gasteiger partial charge on any atom is 0.295 e. The van der Waals surface area contributed by atoms with Gasteiger partial charge >= 0.3 is 0 Å². The summed E-state index contributed by atoms with van der Waals surface area (Å²) in [5.41, 5.74) is 5.69.